The number of rotatable bonds is 0. The molecular weight excluding hydrogens is 98.9 g/mol. The molecule has 0 saturated carbocycles. The zero-order valence-electron chi connectivity index (χ0n) is 5.14. The third kappa shape index (κ3) is 1.23. The van der Waals surface area contributed by atoms with E-state index in [-0.39, 0.29) is 12.8 Å². The summed E-state index contributed by atoms with van der Waals surface area (Å²) >= 11 is 0. The molecule has 0 radical (unpaired) electrons. The van der Waals surface area contributed by atoms with Gasteiger partial charge in [-0.2, -0.15) is 0 Å². The molecule has 4 N–H and O–H groups in total. The van der Waals surface area contributed by atoms with Gasteiger partial charge in [-0.25, -0.2) is 0 Å². The van der Waals surface area contributed by atoms with Crippen molar-refractivity contribution in [3.8, 4) is 0 Å². The molecule has 8 heavy (non-hydrogen) atoms. The Kier molecular flexibility index (Phi) is 1.92. The summed E-state index contributed by atoms with van der Waals surface area (Å²) in [7, 11) is 0. The van der Waals surface area contributed by atoms with Crippen LogP contribution in [0.3, 0.4) is 0 Å². The summed E-state index contributed by atoms with van der Waals surface area (Å²) in [4.78, 5) is 0. The first-order valence-electron chi connectivity index (χ1n) is 3.32. The van der Waals surface area contributed by atoms with Gasteiger partial charge in [0, 0.05) is 0 Å². The Hall–Kier alpha value is -0.0151. The third-order valence-electron chi connectivity index (χ3n) is 1.87. The molecule has 1 aliphatic heterocycles. The van der Waals surface area contributed by atoms with E-state index in [2.05, 4.69) is 0 Å². The van der Waals surface area contributed by atoms with Crippen LogP contribution in [0.25, 0.3) is 0 Å². The normalized spacial score (nSPS) is 30.8. The van der Waals surface area contributed by atoms with E-state index in [0.717, 1.165) is 12.7 Å². The molecule has 1 saturated heterocycles. The molecule has 0 aromatic heterocycles. The van der Waals surface area contributed by atoms with Gasteiger partial charge in [0.15, 0.2) is 0 Å². The Morgan fingerprint density at radius 1 is 1.38 bits per heavy atom. The lowest BCUT2D eigenvalue weighted by molar-refractivity contribution is 0.637. The molecule has 3 heteroatoms. The smallest absolute Gasteiger partial charge is 0.235 e. The quantitative estimate of drug-likeness (QED) is 0.433. The Labute approximate surface area is 50.7 Å². The van der Waals surface area contributed by atoms with Gasteiger partial charge < -0.3 is 11.4 Å². The fraction of sp³-hybridized carbons (Fsp3) is 1.00. The molecule has 1 rings (SSSR count). The summed E-state index contributed by atoms with van der Waals surface area (Å²) in [5, 5.41) is 0. The van der Waals surface area contributed by atoms with Crippen LogP contribution in [0.2, 0.25) is 6.32 Å². The second-order valence-corrected chi connectivity index (χ2v) is 2.61. The van der Waals surface area contributed by atoms with Crippen LogP contribution in [-0.2, 0) is 0 Å². The van der Waals surface area contributed by atoms with Crippen LogP contribution < -0.4 is 11.4 Å². The standard InChI is InChI=1S/C5H13BN2/c7-5-3-1-2-4-6(5)8/h5H,1-4,7-8H2. The molecule has 0 bridgehead atoms. The predicted octanol–water partition coefficient (Wildman–Crippen LogP) is -0.0130. The second kappa shape index (κ2) is 2.51. The Bertz CT molecular complexity index is 66.8. The van der Waals surface area contributed by atoms with E-state index < -0.39 is 0 Å². The van der Waals surface area contributed by atoms with Crippen molar-refractivity contribution in [2.45, 2.75) is 31.5 Å². The lowest BCUT2D eigenvalue weighted by Crippen LogP contribution is -2.47. The van der Waals surface area contributed by atoms with Gasteiger partial charge in [0.2, 0.25) is 6.85 Å². The average molecular weight is 112 g/mol. The molecule has 0 aromatic carbocycles. The Balaban J connectivity index is 2.28. The van der Waals surface area contributed by atoms with E-state index in [9.17, 15) is 0 Å². The molecule has 0 amide bonds. The minimum Gasteiger partial charge on any atom is -0.369 e. The summed E-state index contributed by atoms with van der Waals surface area (Å²) < 4.78 is 0. The summed E-state index contributed by atoms with van der Waals surface area (Å²) in [6, 6.07) is 0. The topological polar surface area (TPSA) is 52.0 Å². The first kappa shape index (κ1) is 6.11. The maximum Gasteiger partial charge on any atom is 0.235 e. The van der Waals surface area contributed by atoms with E-state index >= 15 is 0 Å². The maximum absolute atomic E-state index is 5.65. The lowest BCUT2D eigenvalue weighted by atomic mass is 9.49. The van der Waals surface area contributed by atoms with Crippen LogP contribution in [0.5, 0.6) is 0 Å². The van der Waals surface area contributed by atoms with Gasteiger partial charge in [-0.15, -0.1) is 0 Å². The van der Waals surface area contributed by atoms with Gasteiger partial charge in [-0.3, -0.25) is 0 Å². The molecule has 1 fully saturated rings. The molecule has 1 unspecified atom stereocenters. The molecule has 1 aliphatic rings. The van der Waals surface area contributed by atoms with E-state index in [4.69, 9.17) is 11.4 Å². The summed E-state index contributed by atoms with van der Waals surface area (Å²) in [5.41, 5.74) is 11.3. The van der Waals surface area contributed by atoms with E-state index in [1.807, 2.05) is 0 Å². The third-order valence-corrected chi connectivity index (χ3v) is 1.87. The average Bonchev–Trinajstić information content (AvgIpc) is 1.77. The van der Waals surface area contributed by atoms with Crippen molar-refractivity contribution >= 4 is 6.85 Å². The zero-order chi connectivity index (χ0) is 5.98. The SMILES string of the molecule is NB1CCCCC1N. The fourth-order valence-electron chi connectivity index (χ4n) is 1.19. The first-order chi connectivity index (χ1) is 3.80. The van der Waals surface area contributed by atoms with Crippen molar-refractivity contribution < 1.29 is 0 Å². The molecule has 1 heterocycles. The largest absolute Gasteiger partial charge is 0.369 e. The van der Waals surface area contributed by atoms with Crippen molar-refractivity contribution in [1.29, 1.82) is 0 Å². The minimum atomic E-state index is 0.281. The zero-order valence-corrected chi connectivity index (χ0v) is 5.14. The van der Waals surface area contributed by atoms with Crippen LogP contribution in [0.1, 0.15) is 19.3 Å². The molecule has 0 spiro atoms. The molecule has 2 nitrogen and oxygen atoms in total. The van der Waals surface area contributed by atoms with E-state index in [0.29, 0.717) is 0 Å². The van der Waals surface area contributed by atoms with Crippen LogP contribution in [-0.4, -0.2) is 12.8 Å². The van der Waals surface area contributed by atoms with E-state index in [1.165, 1.54) is 12.8 Å². The highest BCUT2D eigenvalue weighted by Crippen LogP contribution is 2.12. The molecule has 0 aliphatic carbocycles. The number of nitrogens with two attached hydrogens (primary N) is 2. The van der Waals surface area contributed by atoms with E-state index in [1.54, 1.807) is 0 Å². The number of hydrogen-bond donors (Lipinski definition) is 2. The molecule has 1 atom stereocenters. The van der Waals surface area contributed by atoms with Gasteiger partial charge in [-0.05, 0) is 12.4 Å². The molecule has 46 valence electrons. The van der Waals surface area contributed by atoms with Crippen LogP contribution in [0, 0.1) is 0 Å². The van der Waals surface area contributed by atoms with Crippen LogP contribution >= 0.6 is 0 Å². The van der Waals surface area contributed by atoms with Gasteiger partial charge in [0.25, 0.3) is 0 Å². The number of hydrogen-bond acceptors (Lipinski definition) is 2. The van der Waals surface area contributed by atoms with Gasteiger partial charge in [0.05, 0.1) is 0 Å². The van der Waals surface area contributed by atoms with Crippen molar-refractivity contribution in [1.82, 2.24) is 0 Å². The van der Waals surface area contributed by atoms with Gasteiger partial charge >= 0.3 is 0 Å². The first-order valence-corrected chi connectivity index (χ1v) is 3.32. The Morgan fingerprint density at radius 2 is 2.12 bits per heavy atom. The van der Waals surface area contributed by atoms with Crippen molar-refractivity contribution in [3.05, 3.63) is 0 Å². The minimum absolute atomic E-state index is 0.281. The molecule has 0 aromatic rings. The fourth-order valence-corrected chi connectivity index (χ4v) is 1.19. The summed E-state index contributed by atoms with van der Waals surface area (Å²) in [6.07, 6.45) is 4.80. The van der Waals surface area contributed by atoms with Crippen LogP contribution in [0.15, 0.2) is 0 Å². The predicted molar refractivity (Wildman–Crippen MR) is 36.6 cm³/mol. The van der Waals surface area contributed by atoms with Crippen molar-refractivity contribution in [2.75, 3.05) is 0 Å². The Morgan fingerprint density at radius 3 is 2.50 bits per heavy atom. The van der Waals surface area contributed by atoms with Crippen LogP contribution in [0.4, 0.5) is 0 Å². The second-order valence-electron chi connectivity index (χ2n) is 2.61. The van der Waals surface area contributed by atoms with Crippen molar-refractivity contribution in [3.63, 3.8) is 0 Å². The summed E-state index contributed by atoms with van der Waals surface area (Å²) in [5.74, 6) is 0.281. The highest BCUT2D eigenvalue weighted by Gasteiger charge is 2.20. The summed E-state index contributed by atoms with van der Waals surface area (Å²) in [6.45, 7) is 0.281. The van der Waals surface area contributed by atoms with Gasteiger partial charge in [-0.1, -0.05) is 19.2 Å². The highest BCUT2D eigenvalue weighted by atomic mass is 14.6. The molecular formula is C5H13BN2. The monoisotopic (exact) mass is 112 g/mol. The highest BCUT2D eigenvalue weighted by molar-refractivity contribution is 6.57. The van der Waals surface area contributed by atoms with Crippen molar-refractivity contribution in [2.24, 2.45) is 11.4 Å². The lowest BCUT2D eigenvalue weighted by Gasteiger charge is -2.20. The van der Waals surface area contributed by atoms with Gasteiger partial charge in [0.1, 0.15) is 0 Å². The maximum atomic E-state index is 5.65.